The van der Waals surface area contributed by atoms with Crippen LogP contribution < -0.4 is 5.43 Å². The highest BCUT2D eigenvalue weighted by Crippen LogP contribution is 2.18. The van der Waals surface area contributed by atoms with E-state index in [0.29, 0.717) is 17.6 Å². The number of rotatable bonds is 1. The third kappa shape index (κ3) is 1.70. The average molecular weight is 230 g/mol. The first-order chi connectivity index (χ1) is 8.08. The van der Waals surface area contributed by atoms with E-state index in [1.165, 1.54) is 18.3 Å². The van der Waals surface area contributed by atoms with Crippen molar-refractivity contribution in [3.63, 3.8) is 0 Å². The van der Waals surface area contributed by atoms with Crippen LogP contribution >= 0.6 is 0 Å². The minimum Gasteiger partial charge on any atom is -0.346 e. The predicted molar refractivity (Wildman–Crippen MR) is 63.3 cm³/mol. The Hall–Kier alpha value is -2.15. The van der Waals surface area contributed by atoms with E-state index in [9.17, 15) is 9.18 Å². The van der Waals surface area contributed by atoms with Crippen molar-refractivity contribution in [1.82, 2.24) is 4.57 Å². The van der Waals surface area contributed by atoms with Gasteiger partial charge in [0.05, 0.1) is 10.9 Å². The van der Waals surface area contributed by atoms with Crippen molar-refractivity contribution in [2.45, 2.75) is 20.4 Å². The van der Waals surface area contributed by atoms with Crippen molar-refractivity contribution in [3.8, 4) is 6.07 Å². The Balaban J connectivity index is 3.07. The number of hydrogen-bond donors (Lipinski definition) is 0. The number of halogens is 1. The minimum atomic E-state index is -0.454. The molecule has 1 heterocycles. The maximum absolute atomic E-state index is 13.3. The van der Waals surface area contributed by atoms with Crippen LogP contribution in [0.15, 0.2) is 23.1 Å². The van der Waals surface area contributed by atoms with Gasteiger partial charge in [-0.3, -0.25) is 4.79 Å². The molecule has 86 valence electrons. The Kier molecular flexibility index (Phi) is 2.68. The quantitative estimate of drug-likeness (QED) is 0.754. The van der Waals surface area contributed by atoms with Gasteiger partial charge in [-0.2, -0.15) is 5.26 Å². The Morgan fingerprint density at radius 2 is 2.18 bits per heavy atom. The van der Waals surface area contributed by atoms with Crippen LogP contribution in [-0.4, -0.2) is 4.57 Å². The highest BCUT2D eigenvalue weighted by Gasteiger charge is 2.11. The number of hydrogen-bond acceptors (Lipinski definition) is 2. The molecular formula is C13H11FN2O. The van der Waals surface area contributed by atoms with Crippen LogP contribution in [0.25, 0.3) is 10.9 Å². The van der Waals surface area contributed by atoms with E-state index < -0.39 is 11.2 Å². The van der Waals surface area contributed by atoms with Crippen LogP contribution in [0.4, 0.5) is 4.39 Å². The maximum atomic E-state index is 13.3. The average Bonchev–Trinajstić information content (AvgIpc) is 2.30. The van der Waals surface area contributed by atoms with Crippen molar-refractivity contribution < 1.29 is 4.39 Å². The number of fused-ring (bicyclic) bond motifs is 1. The molecule has 0 aliphatic heterocycles. The number of aryl methyl sites for hydroxylation is 2. The maximum Gasteiger partial charge on any atom is 0.207 e. The highest BCUT2D eigenvalue weighted by molar-refractivity contribution is 5.83. The van der Waals surface area contributed by atoms with Crippen LogP contribution in [0, 0.1) is 24.1 Å². The zero-order chi connectivity index (χ0) is 12.6. The van der Waals surface area contributed by atoms with Crippen molar-refractivity contribution >= 4 is 10.9 Å². The molecule has 0 radical (unpaired) electrons. The first kappa shape index (κ1) is 11.3. The molecule has 0 atom stereocenters. The fraction of sp³-hybridized carbons (Fsp3) is 0.231. The van der Waals surface area contributed by atoms with E-state index >= 15 is 0 Å². The summed E-state index contributed by atoms with van der Waals surface area (Å²) in [5, 5.41) is 9.15. The van der Waals surface area contributed by atoms with Crippen LogP contribution in [0.2, 0.25) is 0 Å². The predicted octanol–water partition coefficient (Wildman–Crippen LogP) is 2.34. The summed E-state index contributed by atoms with van der Waals surface area (Å²) in [6.45, 7) is 4.29. The largest absolute Gasteiger partial charge is 0.346 e. The van der Waals surface area contributed by atoms with E-state index in [0.717, 1.165) is 0 Å². The molecule has 3 nitrogen and oxygen atoms in total. The number of nitrogens with zero attached hydrogens (tertiary/aromatic N) is 2. The van der Waals surface area contributed by atoms with Gasteiger partial charge < -0.3 is 4.57 Å². The molecule has 0 fully saturated rings. The molecule has 0 amide bonds. The van der Waals surface area contributed by atoms with Gasteiger partial charge in [0.15, 0.2) is 0 Å². The van der Waals surface area contributed by atoms with Crippen molar-refractivity contribution in [2.24, 2.45) is 0 Å². The summed E-state index contributed by atoms with van der Waals surface area (Å²) in [5.41, 5.74) is 1.03. The van der Waals surface area contributed by atoms with E-state index in [1.54, 1.807) is 11.5 Å². The molecule has 0 aliphatic rings. The van der Waals surface area contributed by atoms with Gasteiger partial charge in [0, 0.05) is 12.7 Å². The molecule has 0 saturated carbocycles. The monoisotopic (exact) mass is 230 g/mol. The smallest absolute Gasteiger partial charge is 0.207 e. The van der Waals surface area contributed by atoms with Gasteiger partial charge in [0.2, 0.25) is 5.43 Å². The summed E-state index contributed by atoms with van der Waals surface area (Å²) in [6.07, 6.45) is 1.52. The molecule has 0 unspecified atom stereocenters. The van der Waals surface area contributed by atoms with Crippen LogP contribution in [0.5, 0.6) is 0 Å². The number of nitriles is 1. The second-order valence-electron chi connectivity index (χ2n) is 3.89. The Labute approximate surface area is 97.7 Å². The van der Waals surface area contributed by atoms with Gasteiger partial charge in [-0.25, -0.2) is 4.39 Å². The highest BCUT2D eigenvalue weighted by atomic mass is 19.1. The molecule has 0 bridgehead atoms. The van der Waals surface area contributed by atoms with Gasteiger partial charge in [-0.15, -0.1) is 0 Å². The lowest BCUT2D eigenvalue weighted by molar-refractivity contribution is 0.627. The molecule has 1 aromatic carbocycles. The molecule has 17 heavy (non-hydrogen) atoms. The third-order valence-corrected chi connectivity index (χ3v) is 2.79. The van der Waals surface area contributed by atoms with Crippen molar-refractivity contribution in [3.05, 3.63) is 45.5 Å². The first-order valence-electron chi connectivity index (χ1n) is 5.32. The van der Waals surface area contributed by atoms with E-state index in [1.807, 2.05) is 13.0 Å². The van der Waals surface area contributed by atoms with Gasteiger partial charge in [-0.1, -0.05) is 0 Å². The topological polar surface area (TPSA) is 45.8 Å². The second-order valence-corrected chi connectivity index (χ2v) is 3.89. The SMILES string of the molecule is CCn1cc(C#N)c(=O)c2cc(F)cc(C)c21. The molecule has 0 spiro atoms. The van der Waals surface area contributed by atoms with Crippen molar-refractivity contribution in [1.29, 1.82) is 5.26 Å². The lowest BCUT2D eigenvalue weighted by atomic mass is 10.1. The summed E-state index contributed by atoms with van der Waals surface area (Å²) in [6, 6.07) is 4.43. The summed E-state index contributed by atoms with van der Waals surface area (Å²) in [5.74, 6) is -0.454. The van der Waals surface area contributed by atoms with Gasteiger partial charge >= 0.3 is 0 Å². The summed E-state index contributed by atoms with van der Waals surface area (Å²) in [7, 11) is 0. The molecule has 0 saturated heterocycles. The van der Waals surface area contributed by atoms with E-state index in [2.05, 4.69) is 0 Å². The van der Waals surface area contributed by atoms with Crippen LogP contribution in [0.3, 0.4) is 0 Å². The Morgan fingerprint density at radius 3 is 2.76 bits per heavy atom. The Bertz CT molecular complexity index is 695. The molecular weight excluding hydrogens is 219 g/mol. The Morgan fingerprint density at radius 1 is 1.47 bits per heavy atom. The summed E-state index contributed by atoms with van der Waals surface area (Å²) in [4.78, 5) is 11.9. The van der Waals surface area contributed by atoms with Gasteiger partial charge in [-0.05, 0) is 31.5 Å². The summed E-state index contributed by atoms with van der Waals surface area (Å²) < 4.78 is 15.1. The number of aromatic nitrogens is 1. The van der Waals surface area contributed by atoms with Crippen molar-refractivity contribution in [2.75, 3.05) is 0 Å². The van der Waals surface area contributed by atoms with E-state index in [4.69, 9.17) is 5.26 Å². The standard InChI is InChI=1S/C13H11FN2O/c1-3-16-7-9(6-15)13(17)11-5-10(14)4-8(2)12(11)16/h4-5,7H,3H2,1-2H3. The molecule has 2 aromatic rings. The van der Waals surface area contributed by atoms with E-state index in [-0.39, 0.29) is 10.9 Å². The fourth-order valence-corrected chi connectivity index (χ4v) is 2.04. The number of pyridine rings is 1. The van der Waals surface area contributed by atoms with Gasteiger partial charge in [0.25, 0.3) is 0 Å². The molecule has 2 rings (SSSR count). The fourth-order valence-electron chi connectivity index (χ4n) is 2.04. The second kappa shape index (κ2) is 4.02. The molecule has 0 aliphatic carbocycles. The van der Waals surface area contributed by atoms with Crippen LogP contribution in [-0.2, 0) is 6.54 Å². The molecule has 0 N–H and O–H groups in total. The van der Waals surface area contributed by atoms with Gasteiger partial charge in [0.1, 0.15) is 17.4 Å². The lowest BCUT2D eigenvalue weighted by Gasteiger charge is -2.11. The first-order valence-corrected chi connectivity index (χ1v) is 5.32. The summed E-state index contributed by atoms with van der Waals surface area (Å²) >= 11 is 0. The van der Waals surface area contributed by atoms with Crippen LogP contribution in [0.1, 0.15) is 18.1 Å². The minimum absolute atomic E-state index is 0.0457. The zero-order valence-electron chi connectivity index (χ0n) is 9.62. The lowest BCUT2D eigenvalue weighted by Crippen LogP contribution is -2.13. The molecule has 1 aromatic heterocycles. The third-order valence-electron chi connectivity index (χ3n) is 2.79. The molecule has 4 heteroatoms. The number of benzene rings is 1. The normalized spacial score (nSPS) is 10.5. The zero-order valence-corrected chi connectivity index (χ0v) is 9.62.